The largest absolute Gasteiger partial charge is 0.491 e. The first kappa shape index (κ1) is 21.4. The molecule has 1 aliphatic rings. The number of nitrogens with zero attached hydrogens (tertiary/aromatic N) is 1. The maximum atomic E-state index is 12.7. The van der Waals surface area contributed by atoms with Gasteiger partial charge in [0.1, 0.15) is 35.4 Å². The second-order valence-corrected chi connectivity index (χ2v) is 7.43. The number of rotatable bonds is 8. The van der Waals surface area contributed by atoms with Crippen LogP contribution in [0.25, 0.3) is 22.3 Å². The van der Waals surface area contributed by atoms with Crippen LogP contribution in [0.4, 0.5) is 0 Å². The molecule has 2 aromatic carbocycles. The highest BCUT2D eigenvalue weighted by atomic mass is 16.5. The maximum Gasteiger partial charge on any atom is 0.342 e. The molecule has 0 saturated carbocycles. The summed E-state index contributed by atoms with van der Waals surface area (Å²) in [4.78, 5) is 14.9. The lowest BCUT2D eigenvalue weighted by atomic mass is 10.1. The number of morpholine rings is 1. The Morgan fingerprint density at radius 2 is 1.94 bits per heavy atom. The lowest BCUT2D eigenvalue weighted by Gasteiger charge is -2.28. The van der Waals surface area contributed by atoms with E-state index in [2.05, 4.69) is 4.90 Å². The predicted molar refractivity (Wildman–Crippen MR) is 116 cm³/mol. The number of hydrogen-bond donors (Lipinski definition) is 1. The van der Waals surface area contributed by atoms with Gasteiger partial charge in [0.05, 0.1) is 19.8 Å². The van der Waals surface area contributed by atoms with E-state index in [1.165, 1.54) is 0 Å². The average molecular weight is 425 g/mol. The van der Waals surface area contributed by atoms with Gasteiger partial charge in [-0.05, 0) is 25.1 Å². The number of benzene rings is 2. The number of hydrogen-bond acceptors (Lipinski definition) is 7. The fourth-order valence-corrected chi connectivity index (χ4v) is 3.69. The first-order valence-electron chi connectivity index (χ1n) is 10.6. The van der Waals surface area contributed by atoms with Crippen LogP contribution in [0.1, 0.15) is 17.3 Å². The highest BCUT2D eigenvalue weighted by molar-refractivity contribution is 6.09. The SMILES string of the molecule is CCOC(=O)c1c(-c2ccccc2)oc2ccc(OC[C@@H](O)CN3CCOCC3)cc12. The molecule has 164 valence electrons. The molecule has 1 fully saturated rings. The second kappa shape index (κ2) is 9.96. The van der Waals surface area contributed by atoms with Crippen molar-refractivity contribution in [1.82, 2.24) is 4.90 Å². The number of β-amino-alcohol motifs (C(OH)–C–C–N with tert-alkyl or cyclic N) is 1. The number of esters is 1. The summed E-state index contributed by atoms with van der Waals surface area (Å²) in [6.07, 6.45) is -0.623. The van der Waals surface area contributed by atoms with E-state index in [0.29, 0.717) is 47.8 Å². The molecule has 1 aromatic heterocycles. The number of aliphatic hydroxyl groups excluding tert-OH is 1. The van der Waals surface area contributed by atoms with E-state index in [1.54, 1.807) is 25.1 Å². The Morgan fingerprint density at radius 3 is 2.68 bits per heavy atom. The highest BCUT2D eigenvalue weighted by Gasteiger charge is 2.24. The number of furan rings is 1. The molecule has 1 aliphatic heterocycles. The van der Waals surface area contributed by atoms with Gasteiger partial charge in [0.25, 0.3) is 0 Å². The van der Waals surface area contributed by atoms with Crippen LogP contribution in [0.3, 0.4) is 0 Å². The standard InChI is InChI=1S/C24H27NO6/c1-2-29-24(27)22-20-14-19(30-16-18(26)15-25-10-12-28-13-11-25)8-9-21(20)31-23(22)17-6-4-3-5-7-17/h3-9,14,18,26H,2,10-13,15-16H2,1H3/t18-/m0/s1. The molecule has 1 N–H and O–H groups in total. The van der Waals surface area contributed by atoms with Gasteiger partial charge in [-0.3, -0.25) is 4.90 Å². The van der Waals surface area contributed by atoms with Gasteiger partial charge >= 0.3 is 5.97 Å². The van der Waals surface area contributed by atoms with Crippen molar-refractivity contribution in [3.63, 3.8) is 0 Å². The summed E-state index contributed by atoms with van der Waals surface area (Å²) < 4.78 is 22.5. The molecule has 4 rings (SSSR count). The van der Waals surface area contributed by atoms with Crippen LogP contribution in [0.5, 0.6) is 5.75 Å². The first-order valence-corrected chi connectivity index (χ1v) is 10.6. The fourth-order valence-electron chi connectivity index (χ4n) is 3.69. The topological polar surface area (TPSA) is 81.4 Å². The minimum Gasteiger partial charge on any atom is -0.491 e. The molecule has 7 nitrogen and oxygen atoms in total. The molecular formula is C24H27NO6. The molecule has 31 heavy (non-hydrogen) atoms. The Kier molecular flexibility index (Phi) is 6.86. The smallest absolute Gasteiger partial charge is 0.342 e. The lowest BCUT2D eigenvalue weighted by Crippen LogP contribution is -2.42. The van der Waals surface area contributed by atoms with E-state index in [9.17, 15) is 9.90 Å². The zero-order valence-corrected chi connectivity index (χ0v) is 17.6. The van der Waals surface area contributed by atoms with Crippen LogP contribution in [-0.2, 0) is 9.47 Å². The number of carbonyl (C=O) groups excluding carboxylic acids is 1. The summed E-state index contributed by atoms with van der Waals surface area (Å²) >= 11 is 0. The van der Waals surface area contributed by atoms with E-state index in [-0.39, 0.29) is 13.2 Å². The summed E-state index contributed by atoms with van der Waals surface area (Å²) in [5, 5.41) is 11.0. The van der Waals surface area contributed by atoms with Gasteiger partial charge < -0.3 is 23.7 Å². The van der Waals surface area contributed by atoms with Crippen molar-refractivity contribution >= 4 is 16.9 Å². The minimum atomic E-state index is -0.623. The highest BCUT2D eigenvalue weighted by Crippen LogP contribution is 2.36. The molecule has 0 amide bonds. The van der Waals surface area contributed by atoms with Crippen LogP contribution in [-0.4, -0.2) is 68.1 Å². The van der Waals surface area contributed by atoms with Crippen LogP contribution in [0, 0.1) is 0 Å². The van der Waals surface area contributed by atoms with Crippen molar-refractivity contribution < 1.29 is 28.5 Å². The monoisotopic (exact) mass is 425 g/mol. The maximum absolute atomic E-state index is 12.7. The zero-order valence-electron chi connectivity index (χ0n) is 17.6. The number of carbonyl (C=O) groups is 1. The van der Waals surface area contributed by atoms with Crippen LogP contribution < -0.4 is 4.74 Å². The predicted octanol–water partition coefficient (Wildman–Crippen LogP) is 3.35. The Bertz CT molecular complexity index is 1010. The molecule has 1 atom stereocenters. The van der Waals surface area contributed by atoms with Gasteiger partial charge in [-0.2, -0.15) is 0 Å². The summed E-state index contributed by atoms with van der Waals surface area (Å²) in [5.74, 6) is 0.586. The van der Waals surface area contributed by atoms with Crippen molar-refractivity contribution in [3.05, 3.63) is 54.1 Å². The third-order valence-electron chi connectivity index (χ3n) is 5.19. The third-order valence-corrected chi connectivity index (χ3v) is 5.19. The summed E-state index contributed by atoms with van der Waals surface area (Å²) in [5.41, 5.74) is 1.75. The van der Waals surface area contributed by atoms with E-state index in [4.69, 9.17) is 18.6 Å². The summed E-state index contributed by atoms with van der Waals surface area (Å²) in [6, 6.07) is 14.8. The third kappa shape index (κ3) is 5.07. The molecule has 0 bridgehead atoms. The van der Waals surface area contributed by atoms with Gasteiger partial charge in [0.15, 0.2) is 0 Å². The van der Waals surface area contributed by atoms with Crippen molar-refractivity contribution in [2.75, 3.05) is 46.1 Å². The van der Waals surface area contributed by atoms with Gasteiger partial charge in [0, 0.05) is 30.6 Å². The number of fused-ring (bicyclic) bond motifs is 1. The summed E-state index contributed by atoms with van der Waals surface area (Å²) in [6.45, 7) is 5.71. The molecule has 7 heteroatoms. The van der Waals surface area contributed by atoms with Crippen LogP contribution in [0.15, 0.2) is 52.9 Å². The Labute approximate surface area is 181 Å². The molecule has 1 saturated heterocycles. The Hall–Kier alpha value is -2.87. The molecule has 0 radical (unpaired) electrons. The van der Waals surface area contributed by atoms with E-state index < -0.39 is 12.1 Å². The zero-order chi connectivity index (χ0) is 21.6. The Morgan fingerprint density at radius 1 is 1.16 bits per heavy atom. The van der Waals surface area contributed by atoms with Gasteiger partial charge in [-0.15, -0.1) is 0 Å². The van der Waals surface area contributed by atoms with Crippen molar-refractivity contribution in [3.8, 4) is 17.1 Å². The van der Waals surface area contributed by atoms with Gasteiger partial charge in [-0.25, -0.2) is 4.79 Å². The van der Waals surface area contributed by atoms with Crippen LogP contribution in [0.2, 0.25) is 0 Å². The number of ether oxygens (including phenoxy) is 3. The average Bonchev–Trinajstić information content (AvgIpc) is 3.18. The second-order valence-electron chi connectivity index (χ2n) is 7.43. The Balaban J connectivity index is 1.55. The van der Waals surface area contributed by atoms with Crippen molar-refractivity contribution in [2.45, 2.75) is 13.0 Å². The van der Waals surface area contributed by atoms with Crippen LogP contribution >= 0.6 is 0 Å². The molecular weight excluding hydrogens is 398 g/mol. The number of aliphatic hydroxyl groups is 1. The van der Waals surface area contributed by atoms with E-state index in [1.807, 2.05) is 30.3 Å². The van der Waals surface area contributed by atoms with E-state index in [0.717, 1.165) is 18.7 Å². The van der Waals surface area contributed by atoms with E-state index >= 15 is 0 Å². The molecule has 0 unspecified atom stereocenters. The van der Waals surface area contributed by atoms with Gasteiger partial charge in [0.2, 0.25) is 0 Å². The minimum absolute atomic E-state index is 0.154. The van der Waals surface area contributed by atoms with Gasteiger partial charge in [-0.1, -0.05) is 30.3 Å². The molecule has 3 aromatic rings. The quantitative estimate of drug-likeness (QED) is 0.554. The molecule has 2 heterocycles. The summed E-state index contributed by atoms with van der Waals surface area (Å²) in [7, 11) is 0. The van der Waals surface area contributed by atoms with Crippen molar-refractivity contribution in [2.24, 2.45) is 0 Å². The molecule has 0 spiro atoms. The fraction of sp³-hybridized carbons (Fsp3) is 0.375. The lowest BCUT2D eigenvalue weighted by molar-refractivity contribution is 0.00466. The first-order chi connectivity index (χ1) is 15.2. The molecule has 0 aliphatic carbocycles. The van der Waals surface area contributed by atoms with Crippen molar-refractivity contribution in [1.29, 1.82) is 0 Å². The normalized spacial score (nSPS) is 15.7.